The van der Waals surface area contributed by atoms with Crippen molar-refractivity contribution < 1.29 is 23.7 Å². The van der Waals surface area contributed by atoms with Crippen molar-refractivity contribution in [3.63, 3.8) is 0 Å². The monoisotopic (exact) mass is 242 g/mol. The molecule has 2 saturated heterocycles. The molecule has 2 rings (SSSR count). The van der Waals surface area contributed by atoms with Gasteiger partial charge in [-0.05, 0) is 20.8 Å². The lowest BCUT2D eigenvalue weighted by Gasteiger charge is -2.23. The number of aldehydes is 1. The van der Waals surface area contributed by atoms with Gasteiger partial charge in [0.25, 0.3) is 0 Å². The number of ether oxygens (including phenoxy) is 4. The molecule has 17 heavy (non-hydrogen) atoms. The lowest BCUT2D eigenvalue weighted by molar-refractivity contribution is -0.214. The quantitative estimate of drug-likeness (QED) is 0.544. The topological polar surface area (TPSA) is 54.0 Å². The molecule has 5 heteroatoms. The van der Waals surface area contributed by atoms with Crippen LogP contribution in [0, 0.1) is 0 Å². The molecule has 2 aliphatic rings. The minimum Gasteiger partial charge on any atom is -0.368 e. The average molecular weight is 242 g/mol. The Morgan fingerprint density at radius 2 is 2.18 bits per heavy atom. The molecule has 0 bridgehead atoms. The molecule has 0 aromatic carbocycles. The predicted octanol–water partition coefficient (Wildman–Crippen LogP) is 1.02. The van der Waals surface area contributed by atoms with E-state index in [-0.39, 0.29) is 6.10 Å². The van der Waals surface area contributed by atoms with Crippen molar-refractivity contribution in [2.75, 3.05) is 6.61 Å². The molecule has 96 valence electrons. The first-order valence-electron chi connectivity index (χ1n) is 5.65. The van der Waals surface area contributed by atoms with Gasteiger partial charge in [0.2, 0.25) is 0 Å². The van der Waals surface area contributed by atoms with Crippen LogP contribution in [0.2, 0.25) is 0 Å². The number of rotatable bonds is 4. The number of carbonyl (C=O) groups excluding carboxylic acids is 1. The van der Waals surface area contributed by atoms with E-state index in [1.54, 1.807) is 13.8 Å². The highest BCUT2D eigenvalue weighted by Crippen LogP contribution is 2.38. The molecule has 0 aromatic heterocycles. The SMILES string of the molecule is C=C(C)CO[C@@H]1[C@H]2OC(C)(C)O[C@H]2O[C@H]1C=O. The van der Waals surface area contributed by atoms with E-state index in [0.29, 0.717) is 6.61 Å². The number of hydrogen-bond donors (Lipinski definition) is 0. The summed E-state index contributed by atoms with van der Waals surface area (Å²) in [7, 11) is 0. The van der Waals surface area contributed by atoms with E-state index in [1.807, 2.05) is 6.92 Å². The Balaban J connectivity index is 2.05. The fourth-order valence-corrected chi connectivity index (χ4v) is 2.04. The maximum Gasteiger partial charge on any atom is 0.190 e. The summed E-state index contributed by atoms with van der Waals surface area (Å²) in [6, 6.07) is 0. The average Bonchev–Trinajstić information content (AvgIpc) is 2.66. The molecule has 0 spiro atoms. The summed E-state index contributed by atoms with van der Waals surface area (Å²) in [5.41, 5.74) is 0.885. The fourth-order valence-electron chi connectivity index (χ4n) is 2.04. The minimum atomic E-state index is -0.700. The van der Waals surface area contributed by atoms with E-state index in [0.717, 1.165) is 11.9 Å². The van der Waals surface area contributed by atoms with Crippen LogP contribution in [0.15, 0.2) is 12.2 Å². The third-order valence-electron chi connectivity index (χ3n) is 2.68. The first-order valence-corrected chi connectivity index (χ1v) is 5.65. The maximum absolute atomic E-state index is 10.9. The van der Waals surface area contributed by atoms with Gasteiger partial charge in [0.15, 0.2) is 18.4 Å². The molecule has 0 unspecified atom stereocenters. The summed E-state index contributed by atoms with van der Waals surface area (Å²) in [4.78, 5) is 10.9. The summed E-state index contributed by atoms with van der Waals surface area (Å²) in [6.07, 6.45) is -1.24. The van der Waals surface area contributed by atoms with Crippen LogP contribution in [-0.4, -0.2) is 43.3 Å². The zero-order valence-electron chi connectivity index (χ0n) is 10.3. The van der Waals surface area contributed by atoms with E-state index in [1.165, 1.54) is 0 Å². The Kier molecular flexibility index (Phi) is 3.36. The number of carbonyl (C=O) groups is 1. The largest absolute Gasteiger partial charge is 0.368 e. The summed E-state index contributed by atoms with van der Waals surface area (Å²) < 4.78 is 22.3. The molecule has 0 radical (unpaired) electrons. The molecule has 4 atom stereocenters. The van der Waals surface area contributed by atoms with Crippen LogP contribution >= 0.6 is 0 Å². The van der Waals surface area contributed by atoms with Gasteiger partial charge in [-0.25, -0.2) is 0 Å². The molecule has 0 aliphatic carbocycles. The highest BCUT2D eigenvalue weighted by atomic mass is 16.8. The van der Waals surface area contributed by atoms with E-state index < -0.39 is 24.3 Å². The Morgan fingerprint density at radius 1 is 1.47 bits per heavy atom. The molecule has 2 aliphatic heterocycles. The summed E-state index contributed by atoms with van der Waals surface area (Å²) in [6.45, 7) is 9.61. The zero-order chi connectivity index (χ0) is 12.6. The van der Waals surface area contributed by atoms with Crippen molar-refractivity contribution in [1.29, 1.82) is 0 Å². The second-order valence-electron chi connectivity index (χ2n) is 4.94. The van der Waals surface area contributed by atoms with Gasteiger partial charge in [0.1, 0.15) is 18.3 Å². The van der Waals surface area contributed by atoms with Crippen molar-refractivity contribution in [3.8, 4) is 0 Å². The van der Waals surface area contributed by atoms with Crippen molar-refractivity contribution >= 4 is 6.29 Å². The van der Waals surface area contributed by atoms with Gasteiger partial charge in [-0.2, -0.15) is 0 Å². The van der Waals surface area contributed by atoms with Crippen LogP contribution in [0.3, 0.4) is 0 Å². The molecule has 0 aromatic rings. The highest BCUT2D eigenvalue weighted by molar-refractivity contribution is 5.58. The Labute approximate surface area is 101 Å². The number of hydrogen-bond acceptors (Lipinski definition) is 5. The van der Waals surface area contributed by atoms with E-state index in [9.17, 15) is 4.79 Å². The Hall–Kier alpha value is -0.750. The van der Waals surface area contributed by atoms with Crippen molar-refractivity contribution in [1.82, 2.24) is 0 Å². The summed E-state index contributed by atoms with van der Waals surface area (Å²) in [5.74, 6) is -0.700. The number of fused-ring (bicyclic) bond motifs is 1. The van der Waals surface area contributed by atoms with Crippen LogP contribution in [0.25, 0.3) is 0 Å². The minimum absolute atomic E-state index is 0.362. The lowest BCUT2D eigenvalue weighted by atomic mass is 10.1. The third kappa shape index (κ3) is 2.57. The van der Waals surface area contributed by atoms with Gasteiger partial charge in [0, 0.05) is 0 Å². The second-order valence-corrected chi connectivity index (χ2v) is 4.94. The van der Waals surface area contributed by atoms with Crippen LogP contribution in [0.4, 0.5) is 0 Å². The van der Waals surface area contributed by atoms with E-state index in [4.69, 9.17) is 18.9 Å². The first-order chi connectivity index (χ1) is 7.93. The van der Waals surface area contributed by atoms with Crippen molar-refractivity contribution in [2.45, 2.75) is 51.2 Å². The van der Waals surface area contributed by atoms with Crippen molar-refractivity contribution in [3.05, 3.63) is 12.2 Å². The molecule has 0 amide bonds. The van der Waals surface area contributed by atoms with Crippen molar-refractivity contribution in [2.24, 2.45) is 0 Å². The predicted molar refractivity (Wildman–Crippen MR) is 59.3 cm³/mol. The maximum atomic E-state index is 10.9. The van der Waals surface area contributed by atoms with E-state index >= 15 is 0 Å². The molecular weight excluding hydrogens is 224 g/mol. The second kappa shape index (κ2) is 4.49. The first kappa shape index (κ1) is 12.7. The molecule has 5 nitrogen and oxygen atoms in total. The molecule has 2 heterocycles. The molecule has 0 N–H and O–H groups in total. The van der Waals surface area contributed by atoms with Crippen LogP contribution in [0.1, 0.15) is 20.8 Å². The summed E-state index contributed by atoms with van der Waals surface area (Å²) >= 11 is 0. The van der Waals surface area contributed by atoms with Crippen LogP contribution < -0.4 is 0 Å². The van der Waals surface area contributed by atoms with Gasteiger partial charge in [0.05, 0.1) is 6.61 Å². The lowest BCUT2D eigenvalue weighted by Crippen LogP contribution is -2.37. The standard InChI is InChI=1S/C12H18O5/c1-7(2)6-14-9-8(5-13)15-11-10(9)16-12(3,4)17-11/h5,8-11H,1,6H2,2-4H3/t8-,9-,10+,11+/m0/s1. The third-order valence-corrected chi connectivity index (χ3v) is 2.68. The van der Waals surface area contributed by atoms with Gasteiger partial charge >= 0.3 is 0 Å². The summed E-state index contributed by atoms with van der Waals surface area (Å²) in [5, 5.41) is 0. The normalized spacial score (nSPS) is 39.0. The van der Waals surface area contributed by atoms with Gasteiger partial charge < -0.3 is 23.7 Å². The van der Waals surface area contributed by atoms with Gasteiger partial charge in [-0.1, -0.05) is 12.2 Å². The van der Waals surface area contributed by atoms with Gasteiger partial charge in [-0.3, -0.25) is 0 Å². The Morgan fingerprint density at radius 3 is 2.76 bits per heavy atom. The zero-order valence-corrected chi connectivity index (χ0v) is 10.3. The smallest absolute Gasteiger partial charge is 0.190 e. The Bertz CT molecular complexity index is 325. The highest BCUT2D eigenvalue weighted by Gasteiger charge is 2.55. The van der Waals surface area contributed by atoms with E-state index in [2.05, 4.69) is 6.58 Å². The molecular formula is C12H18O5. The molecule has 0 saturated carbocycles. The van der Waals surface area contributed by atoms with Crippen LogP contribution in [-0.2, 0) is 23.7 Å². The van der Waals surface area contributed by atoms with Crippen LogP contribution in [0.5, 0.6) is 0 Å². The molecule has 2 fully saturated rings. The van der Waals surface area contributed by atoms with Gasteiger partial charge in [-0.15, -0.1) is 0 Å². The fraction of sp³-hybridized carbons (Fsp3) is 0.750.